The third-order valence-electron chi connectivity index (χ3n) is 6.13. The molecule has 2 N–H and O–H groups in total. The third-order valence-corrected chi connectivity index (χ3v) is 6.13. The molecule has 1 aromatic carbocycles. The van der Waals surface area contributed by atoms with Gasteiger partial charge in [-0.05, 0) is 69.8 Å². The van der Waals surface area contributed by atoms with Crippen molar-refractivity contribution < 1.29 is 14.3 Å². The molecular weight excluding hydrogens is 354 g/mol. The van der Waals surface area contributed by atoms with Gasteiger partial charge in [0, 0.05) is 37.2 Å². The zero-order chi connectivity index (χ0) is 19.8. The maximum Gasteiger partial charge on any atom is 0.220 e. The van der Waals surface area contributed by atoms with Gasteiger partial charge >= 0.3 is 0 Å². The molecule has 0 radical (unpaired) electrons. The van der Waals surface area contributed by atoms with Crippen LogP contribution in [-0.4, -0.2) is 57.2 Å². The van der Waals surface area contributed by atoms with E-state index < -0.39 is 0 Å². The molecule has 1 aromatic rings. The van der Waals surface area contributed by atoms with E-state index in [4.69, 9.17) is 9.47 Å². The van der Waals surface area contributed by atoms with Gasteiger partial charge in [0.15, 0.2) is 0 Å². The number of benzene rings is 1. The summed E-state index contributed by atoms with van der Waals surface area (Å²) in [4.78, 5) is 15.0. The molecular formula is C22H35N3O3. The molecule has 3 rings (SSSR count). The maximum absolute atomic E-state index is 12.4. The summed E-state index contributed by atoms with van der Waals surface area (Å²) in [5, 5.41) is 6.50. The van der Waals surface area contributed by atoms with Crippen molar-refractivity contribution in [2.75, 3.05) is 40.4 Å². The van der Waals surface area contributed by atoms with Crippen LogP contribution in [0.4, 0.5) is 0 Å². The van der Waals surface area contributed by atoms with Crippen LogP contribution in [0.2, 0.25) is 0 Å². The summed E-state index contributed by atoms with van der Waals surface area (Å²) in [7, 11) is 3.27. The molecule has 6 heteroatoms. The summed E-state index contributed by atoms with van der Waals surface area (Å²) < 4.78 is 10.6. The minimum absolute atomic E-state index is 0.122. The Morgan fingerprint density at radius 3 is 2.79 bits per heavy atom. The van der Waals surface area contributed by atoms with E-state index in [0.29, 0.717) is 18.9 Å². The van der Waals surface area contributed by atoms with Crippen LogP contribution in [0.15, 0.2) is 18.2 Å². The summed E-state index contributed by atoms with van der Waals surface area (Å²) in [6.07, 6.45) is 6.62. The molecule has 0 bridgehead atoms. The lowest BCUT2D eigenvalue weighted by atomic mass is 9.91. The van der Waals surface area contributed by atoms with Crippen molar-refractivity contribution in [3.8, 4) is 11.5 Å². The van der Waals surface area contributed by atoms with E-state index in [0.717, 1.165) is 49.2 Å². The van der Waals surface area contributed by atoms with Gasteiger partial charge in [0.1, 0.15) is 11.5 Å². The molecule has 1 atom stereocenters. The Morgan fingerprint density at radius 2 is 2.04 bits per heavy atom. The number of likely N-dealkylation sites (tertiary alicyclic amines) is 1. The topological polar surface area (TPSA) is 62.8 Å². The van der Waals surface area contributed by atoms with Crippen LogP contribution in [0.3, 0.4) is 0 Å². The summed E-state index contributed by atoms with van der Waals surface area (Å²) >= 11 is 0. The Labute approximate surface area is 169 Å². The predicted molar refractivity (Wildman–Crippen MR) is 111 cm³/mol. The van der Waals surface area contributed by atoms with Crippen molar-refractivity contribution in [1.29, 1.82) is 0 Å². The molecule has 0 aliphatic carbocycles. The first kappa shape index (κ1) is 20.9. The standard InChI is InChI=1S/C22H35N3O3/c1-27-20-7-6-18(21(14-20)28-2)15-24-22(26)8-5-17-4-3-13-25(16-17)19-9-11-23-12-10-19/h6-7,14,17,19,23H,3-5,8-13,15-16H2,1-2H3,(H,24,26). The highest BCUT2D eigenvalue weighted by atomic mass is 16.5. The van der Waals surface area contributed by atoms with E-state index >= 15 is 0 Å². The van der Waals surface area contributed by atoms with E-state index in [1.807, 2.05) is 18.2 Å². The van der Waals surface area contributed by atoms with E-state index in [2.05, 4.69) is 15.5 Å². The average molecular weight is 390 g/mol. The van der Waals surface area contributed by atoms with Crippen LogP contribution < -0.4 is 20.1 Å². The summed E-state index contributed by atoms with van der Waals surface area (Å²) in [5.41, 5.74) is 0.964. The molecule has 0 aromatic heterocycles. The first-order valence-electron chi connectivity index (χ1n) is 10.6. The number of hydrogen-bond donors (Lipinski definition) is 2. The minimum atomic E-state index is 0.122. The van der Waals surface area contributed by atoms with Crippen LogP contribution in [-0.2, 0) is 11.3 Å². The van der Waals surface area contributed by atoms with Gasteiger partial charge in [0.25, 0.3) is 0 Å². The van der Waals surface area contributed by atoms with E-state index in [9.17, 15) is 4.79 Å². The van der Waals surface area contributed by atoms with Crippen molar-refractivity contribution in [2.45, 2.75) is 51.1 Å². The monoisotopic (exact) mass is 389 g/mol. The highest BCUT2D eigenvalue weighted by Gasteiger charge is 2.27. The number of methoxy groups -OCH3 is 2. The fourth-order valence-electron chi connectivity index (χ4n) is 4.45. The zero-order valence-corrected chi connectivity index (χ0v) is 17.3. The first-order valence-corrected chi connectivity index (χ1v) is 10.6. The van der Waals surface area contributed by atoms with E-state index in [-0.39, 0.29) is 5.91 Å². The van der Waals surface area contributed by atoms with E-state index in [1.54, 1.807) is 14.2 Å². The third kappa shape index (κ3) is 5.85. The fraction of sp³-hybridized carbons (Fsp3) is 0.682. The van der Waals surface area contributed by atoms with Gasteiger partial charge in [-0.15, -0.1) is 0 Å². The number of ether oxygens (including phenoxy) is 2. The number of hydrogen-bond acceptors (Lipinski definition) is 5. The van der Waals surface area contributed by atoms with E-state index in [1.165, 1.54) is 32.2 Å². The van der Waals surface area contributed by atoms with Crippen LogP contribution in [0, 0.1) is 5.92 Å². The Hall–Kier alpha value is -1.79. The van der Waals surface area contributed by atoms with Gasteiger partial charge in [0.05, 0.1) is 14.2 Å². The average Bonchev–Trinajstić information content (AvgIpc) is 2.77. The highest BCUT2D eigenvalue weighted by Crippen LogP contribution is 2.26. The quantitative estimate of drug-likeness (QED) is 0.716. The number of carbonyl (C=O) groups excluding carboxylic acids is 1. The van der Waals surface area contributed by atoms with Crippen LogP contribution >= 0.6 is 0 Å². The number of rotatable bonds is 8. The van der Waals surface area contributed by atoms with Gasteiger partial charge in [-0.25, -0.2) is 0 Å². The Kier molecular flexibility index (Phi) is 7.98. The van der Waals surface area contributed by atoms with Gasteiger partial charge in [-0.2, -0.15) is 0 Å². The molecule has 1 amide bonds. The lowest BCUT2D eigenvalue weighted by Crippen LogP contribution is -2.47. The second-order valence-electron chi connectivity index (χ2n) is 7.98. The number of nitrogens with zero attached hydrogens (tertiary/aromatic N) is 1. The minimum Gasteiger partial charge on any atom is -0.497 e. The molecule has 2 heterocycles. The Bertz CT molecular complexity index is 631. The molecule has 1 unspecified atom stereocenters. The molecule has 28 heavy (non-hydrogen) atoms. The summed E-state index contributed by atoms with van der Waals surface area (Å²) in [5.74, 6) is 2.26. The number of nitrogens with one attached hydrogen (secondary N) is 2. The van der Waals surface area contributed by atoms with Crippen molar-refractivity contribution in [1.82, 2.24) is 15.5 Å². The van der Waals surface area contributed by atoms with Gasteiger partial charge in [0.2, 0.25) is 5.91 Å². The van der Waals surface area contributed by atoms with Gasteiger partial charge in [-0.3, -0.25) is 4.79 Å². The Morgan fingerprint density at radius 1 is 1.21 bits per heavy atom. The van der Waals surface area contributed by atoms with Gasteiger partial charge in [-0.1, -0.05) is 0 Å². The number of amides is 1. The summed E-state index contributed by atoms with van der Waals surface area (Å²) in [6, 6.07) is 6.41. The number of carbonyl (C=O) groups is 1. The van der Waals surface area contributed by atoms with Crippen LogP contribution in [0.1, 0.15) is 44.1 Å². The van der Waals surface area contributed by atoms with Crippen LogP contribution in [0.5, 0.6) is 11.5 Å². The fourth-order valence-corrected chi connectivity index (χ4v) is 4.45. The largest absolute Gasteiger partial charge is 0.497 e. The van der Waals surface area contributed by atoms with Crippen LogP contribution in [0.25, 0.3) is 0 Å². The molecule has 2 fully saturated rings. The predicted octanol–water partition coefficient (Wildman–Crippen LogP) is 2.56. The Balaban J connectivity index is 1.41. The molecule has 2 aliphatic heterocycles. The number of piperidine rings is 2. The first-order chi connectivity index (χ1) is 13.7. The highest BCUT2D eigenvalue weighted by molar-refractivity contribution is 5.75. The zero-order valence-electron chi connectivity index (χ0n) is 17.3. The molecule has 6 nitrogen and oxygen atoms in total. The molecule has 2 saturated heterocycles. The van der Waals surface area contributed by atoms with Crippen molar-refractivity contribution in [3.63, 3.8) is 0 Å². The smallest absolute Gasteiger partial charge is 0.220 e. The summed E-state index contributed by atoms with van der Waals surface area (Å²) in [6.45, 7) is 5.15. The van der Waals surface area contributed by atoms with Crippen molar-refractivity contribution in [3.05, 3.63) is 23.8 Å². The second-order valence-corrected chi connectivity index (χ2v) is 7.98. The van der Waals surface area contributed by atoms with Crippen molar-refractivity contribution in [2.24, 2.45) is 5.92 Å². The molecule has 0 spiro atoms. The maximum atomic E-state index is 12.4. The lowest BCUT2D eigenvalue weighted by molar-refractivity contribution is -0.121. The molecule has 156 valence electrons. The van der Waals surface area contributed by atoms with Crippen molar-refractivity contribution >= 4 is 5.91 Å². The molecule has 0 saturated carbocycles. The second kappa shape index (κ2) is 10.7. The SMILES string of the molecule is COc1ccc(CNC(=O)CCC2CCCN(C3CCNCC3)C2)c(OC)c1. The lowest BCUT2D eigenvalue weighted by Gasteiger charge is -2.40. The molecule has 2 aliphatic rings. The normalized spacial score (nSPS) is 21.3. The van der Waals surface area contributed by atoms with Gasteiger partial charge < -0.3 is 25.0 Å².